The minimum atomic E-state index is -0.0395. The van der Waals surface area contributed by atoms with Crippen LogP contribution in [0.4, 0.5) is 0 Å². The topological polar surface area (TPSA) is 67.2 Å². The van der Waals surface area contributed by atoms with Crippen molar-refractivity contribution >= 4 is 27.5 Å². The Morgan fingerprint density at radius 1 is 1.28 bits per heavy atom. The number of hydrogen-bond donors (Lipinski definition) is 0. The summed E-state index contributed by atoms with van der Waals surface area (Å²) in [4.78, 5) is 21.5. The number of para-hydroxylation sites is 1. The lowest BCUT2D eigenvalue weighted by atomic mass is 9.98. The predicted octanol–water partition coefficient (Wildman–Crippen LogP) is 3.28. The molecule has 3 heterocycles. The first-order valence-corrected chi connectivity index (χ1v) is 11.2. The molecule has 8 heteroatoms. The second-order valence-corrected chi connectivity index (χ2v) is 8.74. The lowest BCUT2D eigenvalue weighted by molar-refractivity contribution is 0.0767. The van der Waals surface area contributed by atoms with Gasteiger partial charge in [0, 0.05) is 26.2 Å². The van der Waals surface area contributed by atoms with Crippen LogP contribution in [-0.2, 0) is 13.1 Å². The first-order valence-electron chi connectivity index (χ1n) is 10.4. The van der Waals surface area contributed by atoms with Gasteiger partial charge >= 0.3 is 0 Å². The van der Waals surface area contributed by atoms with Crippen LogP contribution in [0.3, 0.4) is 0 Å². The Hall–Kier alpha value is -2.32. The number of carbonyl (C=O) groups is 1. The van der Waals surface area contributed by atoms with E-state index < -0.39 is 0 Å². The standard InChI is InChI=1S/C21H28N6OS/c1-3-26(4-2)21(28)18-14-27(24-23-18)13-16-8-7-11-25(12-16)15-20-22-17-9-5-6-10-19(17)29-20/h5-6,9-10,14,16H,3-4,7-8,11-13,15H2,1-2H3/t16-/m1/s1. The van der Waals surface area contributed by atoms with Gasteiger partial charge in [-0.3, -0.25) is 14.4 Å². The fourth-order valence-electron chi connectivity index (χ4n) is 4.05. The van der Waals surface area contributed by atoms with Crippen molar-refractivity contribution < 1.29 is 4.79 Å². The van der Waals surface area contributed by atoms with Gasteiger partial charge in [0.25, 0.3) is 5.91 Å². The van der Waals surface area contributed by atoms with Gasteiger partial charge in [0.15, 0.2) is 5.69 Å². The summed E-state index contributed by atoms with van der Waals surface area (Å²) in [6.07, 6.45) is 4.15. The third kappa shape index (κ3) is 4.64. The number of amides is 1. The SMILES string of the molecule is CCN(CC)C(=O)c1cn(C[C@@H]2CCCN(Cc3nc4ccccc4s3)C2)nn1. The Bertz CT molecular complexity index is 930. The first-order chi connectivity index (χ1) is 14.2. The Morgan fingerprint density at radius 3 is 2.90 bits per heavy atom. The normalized spacial score (nSPS) is 17.7. The molecule has 7 nitrogen and oxygen atoms in total. The maximum atomic E-state index is 12.4. The molecule has 4 rings (SSSR count). The van der Waals surface area contributed by atoms with Crippen LogP contribution in [0.15, 0.2) is 30.5 Å². The van der Waals surface area contributed by atoms with E-state index in [1.165, 1.54) is 22.5 Å². The zero-order valence-corrected chi connectivity index (χ0v) is 17.9. The van der Waals surface area contributed by atoms with Crippen molar-refractivity contribution in [1.82, 2.24) is 29.8 Å². The fourth-order valence-corrected chi connectivity index (χ4v) is 5.06. The Labute approximate surface area is 175 Å². The molecule has 1 saturated heterocycles. The van der Waals surface area contributed by atoms with Crippen LogP contribution in [0, 0.1) is 5.92 Å². The number of piperidine rings is 1. The lowest BCUT2D eigenvalue weighted by Crippen LogP contribution is -2.36. The quantitative estimate of drug-likeness (QED) is 0.596. The van der Waals surface area contributed by atoms with Gasteiger partial charge in [0.05, 0.1) is 23.0 Å². The molecule has 1 aromatic carbocycles. The van der Waals surface area contributed by atoms with Crippen molar-refractivity contribution in [3.05, 3.63) is 41.2 Å². The largest absolute Gasteiger partial charge is 0.338 e. The molecule has 1 fully saturated rings. The monoisotopic (exact) mass is 412 g/mol. The maximum Gasteiger partial charge on any atom is 0.276 e. The average molecular weight is 413 g/mol. The molecule has 0 spiro atoms. The Kier molecular flexibility index (Phi) is 6.20. The van der Waals surface area contributed by atoms with Crippen molar-refractivity contribution in [2.45, 2.75) is 39.8 Å². The number of hydrogen-bond acceptors (Lipinski definition) is 6. The van der Waals surface area contributed by atoms with Crippen LogP contribution in [0.1, 0.15) is 42.2 Å². The van der Waals surface area contributed by atoms with Crippen LogP contribution < -0.4 is 0 Å². The number of carbonyl (C=O) groups excluding carboxylic acids is 1. The van der Waals surface area contributed by atoms with Crippen molar-refractivity contribution in [3.8, 4) is 0 Å². The van der Waals surface area contributed by atoms with Gasteiger partial charge in [-0.05, 0) is 51.3 Å². The predicted molar refractivity (Wildman–Crippen MR) is 115 cm³/mol. The highest BCUT2D eigenvalue weighted by atomic mass is 32.1. The summed E-state index contributed by atoms with van der Waals surface area (Å²) in [5.74, 6) is 0.471. The van der Waals surface area contributed by atoms with E-state index in [0.717, 1.165) is 31.7 Å². The van der Waals surface area contributed by atoms with Crippen LogP contribution in [-0.4, -0.2) is 61.9 Å². The van der Waals surface area contributed by atoms with E-state index in [1.807, 2.05) is 24.6 Å². The molecule has 0 bridgehead atoms. The van der Waals surface area contributed by atoms with E-state index in [9.17, 15) is 4.79 Å². The van der Waals surface area contributed by atoms with Crippen molar-refractivity contribution in [2.24, 2.45) is 5.92 Å². The van der Waals surface area contributed by atoms with E-state index in [0.29, 0.717) is 24.7 Å². The molecule has 0 saturated carbocycles. The van der Waals surface area contributed by atoms with Gasteiger partial charge in [0.1, 0.15) is 5.01 Å². The number of fused-ring (bicyclic) bond motifs is 1. The molecule has 154 valence electrons. The van der Waals surface area contributed by atoms with Gasteiger partial charge in [-0.1, -0.05) is 17.3 Å². The van der Waals surface area contributed by atoms with E-state index in [2.05, 4.69) is 33.4 Å². The molecule has 2 aromatic heterocycles. The summed E-state index contributed by atoms with van der Waals surface area (Å²) >= 11 is 1.79. The highest BCUT2D eigenvalue weighted by Crippen LogP contribution is 2.25. The Morgan fingerprint density at radius 2 is 2.10 bits per heavy atom. The third-order valence-corrected chi connectivity index (χ3v) is 6.57. The third-order valence-electron chi connectivity index (χ3n) is 5.55. The molecular weight excluding hydrogens is 384 g/mol. The molecule has 29 heavy (non-hydrogen) atoms. The summed E-state index contributed by atoms with van der Waals surface area (Å²) in [7, 11) is 0. The van der Waals surface area contributed by atoms with Gasteiger partial charge in [-0.2, -0.15) is 0 Å². The summed E-state index contributed by atoms with van der Waals surface area (Å²) in [6.45, 7) is 9.16. The van der Waals surface area contributed by atoms with Crippen LogP contribution in [0.25, 0.3) is 10.2 Å². The van der Waals surface area contributed by atoms with Crippen molar-refractivity contribution in [3.63, 3.8) is 0 Å². The van der Waals surface area contributed by atoms with Crippen LogP contribution >= 0.6 is 11.3 Å². The molecule has 1 amide bonds. The molecule has 1 aliphatic rings. The van der Waals surface area contributed by atoms with E-state index in [1.54, 1.807) is 22.4 Å². The van der Waals surface area contributed by atoms with Gasteiger partial charge in [0.2, 0.25) is 0 Å². The summed E-state index contributed by atoms with van der Waals surface area (Å²) in [6, 6.07) is 8.33. The average Bonchev–Trinajstić information content (AvgIpc) is 3.35. The second-order valence-electron chi connectivity index (χ2n) is 7.62. The molecule has 0 radical (unpaired) electrons. The van der Waals surface area contributed by atoms with Gasteiger partial charge < -0.3 is 4.90 Å². The van der Waals surface area contributed by atoms with E-state index >= 15 is 0 Å². The van der Waals surface area contributed by atoms with Crippen LogP contribution in [0.2, 0.25) is 0 Å². The molecular formula is C21H28N6OS. The number of likely N-dealkylation sites (tertiary alicyclic amines) is 1. The summed E-state index contributed by atoms with van der Waals surface area (Å²) in [5, 5.41) is 9.50. The minimum absolute atomic E-state index is 0.0395. The second kappa shape index (κ2) is 9.00. The number of rotatable bonds is 7. The van der Waals surface area contributed by atoms with E-state index in [-0.39, 0.29) is 5.91 Å². The number of benzene rings is 1. The lowest BCUT2D eigenvalue weighted by Gasteiger charge is -2.31. The molecule has 3 aromatic rings. The van der Waals surface area contributed by atoms with E-state index in [4.69, 9.17) is 4.98 Å². The smallest absolute Gasteiger partial charge is 0.276 e. The number of aromatic nitrogens is 4. The zero-order valence-electron chi connectivity index (χ0n) is 17.1. The maximum absolute atomic E-state index is 12.4. The molecule has 0 aliphatic carbocycles. The highest BCUT2D eigenvalue weighted by molar-refractivity contribution is 7.18. The van der Waals surface area contributed by atoms with Crippen molar-refractivity contribution in [1.29, 1.82) is 0 Å². The number of thiazole rings is 1. The zero-order chi connectivity index (χ0) is 20.2. The minimum Gasteiger partial charge on any atom is -0.338 e. The summed E-state index contributed by atoms with van der Waals surface area (Å²) < 4.78 is 3.09. The van der Waals surface area contributed by atoms with Crippen molar-refractivity contribution in [2.75, 3.05) is 26.2 Å². The first kappa shape index (κ1) is 20.0. The van der Waals surface area contributed by atoms with Gasteiger partial charge in [-0.15, -0.1) is 16.4 Å². The summed E-state index contributed by atoms with van der Waals surface area (Å²) in [5.41, 5.74) is 1.53. The molecule has 1 atom stereocenters. The highest BCUT2D eigenvalue weighted by Gasteiger charge is 2.23. The number of nitrogens with zero attached hydrogens (tertiary/aromatic N) is 6. The van der Waals surface area contributed by atoms with Crippen LogP contribution in [0.5, 0.6) is 0 Å². The Balaban J connectivity index is 1.36. The molecule has 0 N–H and O–H groups in total. The molecule has 0 unspecified atom stereocenters. The molecule has 1 aliphatic heterocycles. The fraction of sp³-hybridized carbons (Fsp3) is 0.524. The van der Waals surface area contributed by atoms with Gasteiger partial charge in [-0.25, -0.2) is 4.98 Å².